The van der Waals surface area contributed by atoms with Crippen LogP contribution in [0.1, 0.15) is 36.0 Å². The van der Waals surface area contributed by atoms with Gasteiger partial charge in [-0.15, -0.1) is 0 Å². The van der Waals surface area contributed by atoms with Crippen LogP contribution in [0.2, 0.25) is 0 Å². The number of aryl methyl sites for hydroxylation is 1. The number of rotatable bonds is 5. The molecule has 39 heavy (non-hydrogen) atoms. The van der Waals surface area contributed by atoms with Crippen LogP contribution in [0.4, 0.5) is 5.69 Å². The average Bonchev–Trinajstić information content (AvgIpc) is 3.66. The number of benzene rings is 2. The van der Waals surface area contributed by atoms with Crippen LogP contribution in [0.5, 0.6) is 0 Å². The Balaban J connectivity index is 1.44. The molecule has 1 saturated heterocycles. The van der Waals surface area contributed by atoms with Crippen molar-refractivity contribution in [2.45, 2.75) is 25.9 Å². The molecule has 1 aliphatic heterocycles. The molecule has 1 fully saturated rings. The SMILES string of the molecule is Cn1cc(-n2ncc3cc(N4C(=O)C(C)(C)[C@@H](NC(=O)c5cnco5)[C@@H]4c4ccccc4)ccc32)ccc1=O. The average molecular weight is 523 g/mol. The summed E-state index contributed by atoms with van der Waals surface area (Å²) in [5, 5.41) is 8.41. The van der Waals surface area contributed by atoms with E-state index in [1.165, 1.54) is 23.2 Å². The molecule has 4 heterocycles. The summed E-state index contributed by atoms with van der Waals surface area (Å²) in [6.45, 7) is 3.68. The minimum absolute atomic E-state index is 0.0794. The Morgan fingerprint density at radius 1 is 1.00 bits per heavy atom. The minimum atomic E-state index is -0.926. The Morgan fingerprint density at radius 3 is 2.49 bits per heavy atom. The Hall–Kier alpha value is -4.99. The highest BCUT2D eigenvalue weighted by molar-refractivity contribution is 6.04. The number of hydrogen-bond donors (Lipinski definition) is 1. The van der Waals surface area contributed by atoms with E-state index >= 15 is 0 Å². The monoisotopic (exact) mass is 522 g/mol. The molecule has 5 aromatic rings. The summed E-state index contributed by atoms with van der Waals surface area (Å²) in [5.74, 6) is -0.477. The summed E-state index contributed by atoms with van der Waals surface area (Å²) in [6, 6.07) is 17.6. The molecular weight excluding hydrogens is 496 g/mol. The normalized spacial score (nSPS) is 18.5. The van der Waals surface area contributed by atoms with Gasteiger partial charge in [-0.05, 0) is 43.7 Å². The van der Waals surface area contributed by atoms with E-state index in [0.29, 0.717) is 5.69 Å². The molecule has 0 radical (unpaired) electrons. The second-order valence-corrected chi connectivity index (χ2v) is 10.2. The standard InChI is InChI=1S/C29H26N6O4/c1-29(2)26(32-27(37)23-15-30-17-39-23)25(18-7-5-4-6-8-18)34(28(29)38)20-9-11-22-19(13-20)14-31-35(22)21-10-12-24(36)33(3)16-21/h4-17,25-26H,1-3H3,(H,32,37)/t25-,26-/m0/s1. The topological polar surface area (TPSA) is 115 Å². The molecule has 0 spiro atoms. The second-order valence-electron chi connectivity index (χ2n) is 10.2. The van der Waals surface area contributed by atoms with Crippen molar-refractivity contribution < 1.29 is 14.0 Å². The quantitative estimate of drug-likeness (QED) is 0.377. The smallest absolute Gasteiger partial charge is 0.289 e. The van der Waals surface area contributed by atoms with E-state index in [1.54, 1.807) is 35.1 Å². The van der Waals surface area contributed by atoms with Gasteiger partial charge in [0.2, 0.25) is 17.2 Å². The maximum atomic E-state index is 14.0. The highest BCUT2D eigenvalue weighted by Crippen LogP contribution is 2.47. The predicted octanol–water partition coefficient (Wildman–Crippen LogP) is 3.62. The number of oxazole rings is 1. The molecule has 2 atom stereocenters. The lowest BCUT2D eigenvalue weighted by Gasteiger charge is -2.30. The number of nitrogens with zero attached hydrogens (tertiary/aromatic N) is 5. The fourth-order valence-electron chi connectivity index (χ4n) is 5.26. The van der Waals surface area contributed by atoms with Crippen molar-refractivity contribution >= 4 is 28.4 Å². The van der Waals surface area contributed by atoms with Gasteiger partial charge in [-0.25, -0.2) is 9.67 Å². The van der Waals surface area contributed by atoms with Gasteiger partial charge in [-0.1, -0.05) is 30.3 Å². The molecule has 2 aromatic carbocycles. The van der Waals surface area contributed by atoms with Crippen molar-refractivity contribution in [2.75, 3.05) is 4.90 Å². The number of amides is 2. The fraction of sp³-hybridized carbons (Fsp3) is 0.207. The van der Waals surface area contributed by atoms with E-state index in [1.807, 2.05) is 62.4 Å². The van der Waals surface area contributed by atoms with Crippen LogP contribution in [0.25, 0.3) is 16.6 Å². The van der Waals surface area contributed by atoms with Crippen molar-refractivity contribution in [1.29, 1.82) is 0 Å². The lowest BCUT2D eigenvalue weighted by atomic mass is 9.82. The van der Waals surface area contributed by atoms with Crippen molar-refractivity contribution in [1.82, 2.24) is 24.6 Å². The summed E-state index contributed by atoms with van der Waals surface area (Å²) >= 11 is 0. The molecule has 3 aromatic heterocycles. The summed E-state index contributed by atoms with van der Waals surface area (Å²) in [5.41, 5.74) is 2.12. The van der Waals surface area contributed by atoms with Gasteiger partial charge in [0.15, 0.2) is 6.39 Å². The van der Waals surface area contributed by atoms with Gasteiger partial charge in [-0.2, -0.15) is 5.10 Å². The maximum absolute atomic E-state index is 14.0. The zero-order valence-electron chi connectivity index (χ0n) is 21.6. The third kappa shape index (κ3) is 4.01. The Morgan fingerprint density at radius 2 is 1.77 bits per heavy atom. The lowest BCUT2D eigenvalue weighted by molar-refractivity contribution is -0.124. The third-order valence-corrected chi connectivity index (χ3v) is 7.37. The zero-order chi connectivity index (χ0) is 27.3. The molecule has 0 aliphatic carbocycles. The number of pyridine rings is 1. The van der Waals surface area contributed by atoms with Crippen molar-refractivity contribution in [3.05, 3.63) is 107 Å². The molecule has 0 bridgehead atoms. The minimum Gasteiger partial charge on any atom is -0.438 e. The Labute approximate surface area is 223 Å². The molecule has 0 unspecified atom stereocenters. The molecule has 10 heteroatoms. The van der Waals surface area contributed by atoms with E-state index in [-0.39, 0.29) is 17.2 Å². The molecule has 196 valence electrons. The van der Waals surface area contributed by atoms with Gasteiger partial charge in [0, 0.05) is 30.4 Å². The third-order valence-electron chi connectivity index (χ3n) is 7.37. The van der Waals surface area contributed by atoms with Gasteiger partial charge in [0.05, 0.1) is 41.1 Å². The molecule has 1 N–H and O–H groups in total. The van der Waals surface area contributed by atoms with Crippen molar-refractivity contribution in [3.8, 4) is 5.69 Å². The Bertz CT molecular complexity index is 1750. The number of hydrogen-bond acceptors (Lipinski definition) is 6. The van der Waals surface area contributed by atoms with Crippen molar-refractivity contribution in [3.63, 3.8) is 0 Å². The molecule has 6 rings (SSSR count). The van der Waals surface area contributed by atoms with Gasteiger partial charge in [0.25, 0.3) is 5.91 Å². The largest absolute Gasteiger partial charge is 0.438 e. The highest BCUT2D eigenvalue weighted by atomic mass is 16.3. The first-order chi connectivity index (χ1) is 18.8. The van der Waals surface area contributed by atoms with Gasteiger partial charge in [0.1, 0.15) is 0 Å². The number of fused-ring (bicyclic) bond motifs is 1. The maximum Gasteiger partial charge on any atom is 0.289 e. The lowest BCUT2D eigenvalue weighted by Crippen LogP contribution is -2.46. The first kappa shape index (κ1) is 24.4. The molecule has 1 aliphatic rings. The van der Waals surface area contributed by atoms with Crippen LogP contribution in [0.15, 0.2) is 94.9 Å². The first-order valence-corrected chi connectivity index (χ1v) is 12.5. The van der Waals surface area contributed by atoms with Gasteiger partial charge < -0.3 is 19.2 Å². The number of carbonyl (C=O) groups excluding carboxylic acids is 2. The van der Waals surface area contributed by atoms with E-state index in [0.717, 1.165) is 22.2 Å². The fourth-order valence-corrected chi connectivity index (χ4v) is 5.26. The summed E-state index contributed by atoms with van der Waals surface area (Å²) < 4.78 is 8.46. The highest BCUT2D eigenvalue weighted by Gasteiger charge is 2.55. The van der Waals surface area contributed by atoms with Gasteiger partial charge in [-0.3, -0.25) is 14.4 Å². The summed E-state index contributed by atoms with van der Waals surface area (Å²) in [4.78, 5) is 44.5. The first-order valence-electron chi connectivity index (χ1n) is 12.5. The molecule has 10 nitrogen and oxygen atoms in total. The van der Waals surface area contributed by atoms with Gasteiger partial charge >= 0.3 is 0 Å². The predicted molar refractivity (Wildman–Crippen MR) is 145 cm³/mol. The summed E-state index contributed by atoms with van der Waals surface area (Å²) in [6.07, 6.45) is 6.01. The number of nitrogens with one attached hydrogen (secondary N) is 1. The van der Waals surface area contributed by atoms with Crippen LogP contribution in [0, 0.1) is 5.41 Å². The number of aromatic nitrogens is 4. The zero-order valence-corrected chi connectivity index (χ0v) is 21.6. The molecular formula is C29H26N6O4. The van der Waals surface area contributed by atoms with E-state index in [2.05, 4.69) is 15.4 Å². The summed E-state index contributed by atoms with van der Waals surface area (Å²) in [7, 11) is 1.69. The van der Waals surface area contributed by atoms with Crippen LogP contribution >= 0.6 is 0 Å². The van der Waals surface area contributed by atoms with Crippen LogP contribution < -0.4 is 15.8 Å². The van der Waals surface area contributed by atoms with Crippen LogP contribution in [-0.4, -0.2) is 37.2 Å². The number of anilines is 1. The van der Waals surface area contributed by atoms with Crippen molar-refractivity contribution in [2.24, 2.45) is 12.5 Å². The second kappa shape index (κ2) is 9.09. The van der Waals surface area contributed by atoms with Crippen LogP contribution in [0.3, 0.4) is 0 Å². The van der Waals surface area contributed by atoms with Crippen LogP contribution in [-0.2, 0) is 11.8 Å². The number of carbonyl (C=O) groups is 2. The Kier molecular flexibility index (Phi) is 5.67. The van der Waals surface area contributed by atoms with E-state index in [9.17, 15) is 14.4 Å². The molecule has 0 saturated carbocycles. The van der Waals surface area contributed by atoms with E-state index in [4.69, 9.17) is 4.42 Å². The molecule has 2 amide bonds. The van der Waals surface area contributed by atoms with E-state index < -0.39 is 23.4 Å².